The summed E-state index contributed by atoms with van der Waals surface area (Å²) in [5.41, 5.74) is 6.69. The third-order valence-electron chi connectivity index (χ3n) is 8.39. The van der Waals surface area contributed by atoms with Crippen molar-refractivity contribution >= 4 is 28.1 Å². The number of carbonyl (C=O) groups excluding carboxylic acids is 1. The molecule has 4 aromatic rings. The number of aromatic nitrogens is 1. The SMILES string of the molecule is [C-]#[N+]C12CC(C)(C(=O)Nc3nc(Cc4ccc(C(=C)N(C)C)cc4)cs3)C(c3ccccc31)c1ccccc12. The van der Waals surface area contributed by atoms with Gasteiger partial charge in [0.2, 0.25) is 5.91 Å². The number of hydrogen-bond acceptors (Lipinski definition) is 4. The van der Waals surface area contributed by atoms with E-state index < -0.39 is 11.0 Å². The van der Waals surface area contributed by atoms with Crippen molar-refractivity contribution in [3.63, 3.8) is 0 Å². The molecule has 1 atom stereocenters. The van der Waals surface area contributed by atoms with E-state index >= 15 is 0 Å². The molecule has 39 heavy (non-hydrogen) atoms. The minimum Gasteiger partial charge on any atom is -0.378 e. The summed E-state index contributed by atoms with van der Waals surface area (Å²) in [5.74, 6) is -0.208. The second-order valence-electron chi connectivity index (χ2n) is 11.0. The van der Waals surface area contributed by atoms with Crippen LogP contribution in [0, 0.1) is 12.0 Å². The molecular formula is C33H30N4OS. The molecule has 194 valence electrons. The van der Waals surface area contributed by atoms with Crippen molar-refractivity contribution < 1.29 is 4.79 Å². The maximum absolute atomic E-state index is 14.0. The van der Waals surface area contributed by atoms with E-state index in [9.17, 15) is 4.79 Å². The van der Waals surface area contributed by atoms with E-state index in [-0.39, 0.29) is 11.8 Å². The van der Waals surface area contributed by atoms with Crippen LogP contribution in [-0.4, -0.2) is 29.9 Å². The number of benzene rings is 3. The Morgan fingerprint density at radius 1 is 1.08 bits per heavy atom. The van der Waals surface area contributed by atoms with Gasteiger partial charge in [0.1, 0.15) is 0 Å². The molecule has 0 radical (unpaired) electrons. The molecule has 0 fully saturated rings. The lowest BCUT2D eigenvalue weighted by Gasteiger charge is -2.51. The van der Waals surface area contributed by atoms with Gasteiger partial charge in [0.05, 0.1) is 11.1 Å². The van der Waals surface area contributed by atoms with Gasteiger partial charge >= 0.3 is 0 Å². The van der Waals surface area contributed by atoms with Crippen LogP contribution in [0.25, 0.3) is 10.5 Å². The van der Waals surface area contributed by atoms with Crippen molar-refractivity contribution in [3.05, 3.63) is 135 Å². The van der Waals surface area contributed by atoms with Gasteiger partial charge in [-0.25, -0.2) is 11.6 Å². The van der Waals surface area contributed by atoms with Crippen LogP contribution in [0.1, 0.15) is 58.3 Å². The van der Waals surface area contributed by atoms with Crippen molar-refractivity contribution in [2.75, 3.05) is 19.4 Å². The number of nitrogens with one attached hydrogen (secondary N) is 1. The Morgan fingerprint density at radius 3 is 2.28 bits per heavy atom. The molecule has 1 N–H and O–H groups in total. The van der Waals surface area contributed by atoms with Crippen molar-refractivity contribution in [1.29, 1.82) is 0 Å². The summed E-state index contributed by atoms with van der Waals surface area (Å²) in [4.78, 5) is 25.0. The van der Waals surface area contributed by atoms with Crippen LogP contribution in [0.3, 0.4) is 0 Å². The molecule has 1 heterocycles. The van der Waals surface area contributed by atoms with Crippen molar-refractivity contribution in [2.24, 2.45) is 5.41 Å². The van der Waals surface area contributed by atoms with Crippen LogP contribution in [-0.2, 0) is 16.8 Å². The Morgan fingerprint density at radius 2 is 1.69 bits per heavy atom. The molecule has 1 unspecified atom stereocenters. The quantitative estimate of drug-likeness (QED) is 0.275. The summed E-state index contributed by atoms with van der Waals surface area (Å²) >= 11 is 1.44. The van der Waals surface area contributed by atoms with Gasteiger partial charge in [-0.05, 0) is 29.2 Å². The Bertz CT molecular complexity index is 1600. The number of amides is 1. The van der Waals surface area contributed by atoms with Gasteiger partial charge in [0.25, 0.3) is 5.54 Å². The molecule has 7 rings (SSSR count). The predicted octanol–water partition coefficient (Wildman–Crippen LogP) is 6.92. The first-order valence-corrected chi connectivity index (χ1v) is 13.9. The zero-order chi connectivity index (χ0) is 27.4. The highest BCUT2D eigenvalue weighted by Crippen LogP contribution is 2.64. The van der Waals surface area contributed by atoms with E-state index in [1.807, 2.05) is 55.6 Å². The summed E-state index contributed by atoms with van der Waals surface area (Å²) < 4.78 is 0. The Hall–Kier alpha value is -4.21. The number of nitrogens with zero attached hydrogens (tertiary/aromatic N) is 3. The summed E-state index contributed by atoms with van der Waals surface area (Å²) in [6, 6.07) is 24.6. The molecule has 1 aromatic heterocycles. The lowest BCUT2D eigenvalue weighted by molar-refractivity contribution is -0.127. The van der Waals surface area contributed by atoms with Crippen LogP contribution >= 0.6 is 11.3 Å². The molecule has 1 amide bonds. The zero-order valence-corrected chi connectivity index (χ0v) is 23.2. The fourth-order valence-electron chi connectivity index (χ4n) is 6.41. The van der Waals surface area contributed by atoms with E-state index in [4.69, 9.17) is 11.6 Å². The number of anilines is 1. The molecule has 3 aliphatic carbocycles. The van der Waals surface area contributed by atoms with Gasteiger partial charge < -0.3 is 10.2 Å². The lowest BCUT2D eigenvalue weighted by Crippen LogP contribution is -2.53. The van der Waals surface area contributed by atoms with E-state index in [0.29, 0.717) is 18.0 Å². The maximum Gasteiger partial charge on any atom is 0.284 e. The number of hydrogen-bond donors (Lipinski definition) is 1. The number of fused-ring (bicyclic) bond motifs is 1. The second-order valence-corrected chi connectivity index (χ2v) is 11.8. The number of carbonyl (C=O) groups is 1. The first-order valence-electron chi connectivity index (χ1n) is 13.1. The van der Waals surface area contributed by atoms with Crippen LogP contribution < -0.4 is 5.32 Å². The Labute approximate surface area is 233 Å². The average molecular weight is 531 g/mol. The summed E-state index contributed by atoms with van der Waals surface area (Å²) in [7, 11) is 3.97. The Kier molecular flexibility index (Phi) is 5.93. The number of thiazole rings is 1. The molecule has 0 saturated heterocycles. The van der Waals surface area contributed by atoms with E-state index in [2.05, 4.69) is 65.3 Å². The standard InChI is InChI=1S/C33H30N4OS/c1-21(37(4)5)23-16-14-22(15-17-23)18-24-19-39-31(35-24)36-30(38)32(2)20-33(34-3)27-12-8-6-10-25(27)29(32)26-11-7-9-13-28(26)33/h6-17,19,29H,1,18,20H2,2,4-5H3,(H,35,36,38). The average Bonchev–Trinajstić information content (AvgIpc) is 3.39. The topological polar surface area (TPSA) is 49.6 Å². The van der Waals surface area contributed by atoms with Crippen LogP contribution in [0.5, 0.6) is 0 Å². The smallest absolute Gasteiger partial charge is 0.284 e. The molecule has 0 spiro atoms. The van der Waals surface area contributed by atoms with E-state index in [1.165, 1.54) is 11.3 Å². The van der Waals surface area contributed by atoms with Gasteiger partial charge in [0.15, 0.2) is 5.13 Å². The van der Waals surface area contributed by atoms with E-state index in [1.54, 1.807) is 0 Å². The minimum atomic E-state index is -0.869. The van der Waals surface area contributed by atoms with Crippen LogP contribution in [0.2, 0.25) is 0 Å². The first-order chi connectivity index (χ1) is 18.8. The fourth-order valence-corrected chi connectivity index (χ4v) is 7.12. The van der Waals surface area contributed by atoms with Gasteiger partial charge in [-0.2, -0.15) is 0 Å². The van der Waals surface area contributed by atoms with Gasteiger partial charge in [0, 0.05) is 55.1 Å². The molecule has 3 aromatic carbocycles. The molecule has 2 bridgehead atoms. The van der Waals surface area contributed by atoms with Crippen LogP contribution in [0.4, 0.5) is 5.13 Å². The third-order valence-corrected chi connectivity index (χ3v) is 9.20. The molecule has 0 aliphatic heterocycles. The summed E-state index contributed by atoms with van der Waals surface area (Å²) in [5, 5.41) is 5.73. The second kappa shape index (κ2) is 9.21. The normalized spacial score (nSPS) is 22.4. The van der Waals surface area contributed by atoms with Gasteiger partial charge in [-0.15, -0.1) is 11.3 Å². The van der Waals surface area contributed by atoms with Gasteiger partial charge in [-0.3, -0.25) is 9.64 Å². The van der Waals surface area contributed by atoms with Crippen molar-refractivity contribution in [2.45, 2.75) is 31.2 Å². The molecule has 0 saturated carbocycles. The predicted molar refractivity (Wildman–Crippen MR) is 158 cm³/mol. The van der Waals surface area contributed by atoms with Crippen molar-refractivity contribution in [1.82, 2.24) is 9.88 Å². The van der Waals surface area contributed by atoms with Crippen molar-refractivity contribution in [3.8, 4) is 0 Å². The zero-order valence-electron chi connectivity index (χ0n) is 22.4. The first kappa shape index (κ1) is 25.1. The highest BCUT2D eigenvalue weighted by Gasteiger charge is 2.64. The highest BCUT2D eigenvalue weighted by molar-refractivity contribution is 7.13. The van der Waals surface area contributed by atoms with Crippen LogP contribution in [0.15, 0.2) is 84.8 Å². The molecule has 5 nitrogen and oxygen atoms in total. The largest absolute Gasteiger partial charge is 0.378 e. The Balaban J connectivity index is 1.26. The highest BCUT2D eigenvalue weighted by atomic mass is 32.1. The summed E-state index contributed by atoms with van der Waals surface area (Å²) in [6.45, 7) is 14.4. The maximum atomic E-state index is 14.0. The molecule has 3 aliphatic rings. The number of rotatable bonds is 6. The molecular weight excluding hydrogens is 500 g/mol. The minimum absolute atomic E-state index is 0.0861. The molecule has 6 heteroatoms. The monoisotopic (exact) mass is 530 g/mol. The summed E-state index contributed by atoms with van der Waals surface area (Å²) in [6.07, 6.45) is 1.12. The van der Waals surface area contributed by atoms with Gasteiger partial charge in [-0.1, -0.05) is 79.4 Å². The fraction of sp³-hybridized carbons (Fsp3) is 0.242. The lowest BCUT2D eigenvalue weighted by atomic mass is 9.49. The van der Waals surface area contributed by atoms with E-state index in [0.717, 1.165) is 44.8 Å². The third kappa shape index (κ3) is 3.88.